The number of benzene rings is 3. The molecule has 5 heteroatoms. The van der Waals surface area contributed by atoms with E-state index in [0.29, 0.717) is 35.2 Å². The lowest BCUT2D eigenvalue weighted by atomic mass is 9.80. The second-order valence-corrected chi connectivity index (χ2v) is 7.42. The number of unbranched alkanes of at least 4 members (excludes halogenated alkanes) is 1. The van der Waals surface area contributed by atoms with Crippen molar-refractivity contribution in [1.29, 1.82) is 0 Å². The Bertz CT molecular complexity index is 1040. The van der Waals surface area contributed by atoms with Gasteiger partial charge in [-0.25, -0.2) is 4.79 Å². The third kappa shape index (κ3) is 4.08. The van der Waals surface area contributed by atoms with Crippen molar-refractivity contribution in [3.05, 3.63) is 82.9 Å². The van der Waals surface area contributed by atoms with Crippen molar-refractivity contribution in [2.24, 2.45) is 0 Å². The summed E-state index contributed by atoms with van der Waals surface area (Å²) >= 11 is 0. The zero-order valence-electron chi connectivity index (χ0n) is 18.0. The van der Waals surface area contributed by atoms with Gasteiger partial charge in [0.2, 0.25) is 0 Å². The lowest BCUT2D eigenvalue weighted by Gasteiger charge is -2.30. The van der Waals surface area contributed by atoms with Gasteiger partial charge >= 0.3 is 5.97 Å². The molecule has 160 valence electrons. The Balaban J connectivity index is 1.85. The quantitative estimate of drug-likeness (QED) is 0.274. The van der Waals surface area contributed by atoms with E-state index in [-0.39, 0.29) is 11.9 Å². The van der Waals surface area contributed by atoms with Crippen molar-refractivity contribution in [2.45, 2.75) is 25.7 Å². The molecule has 31 heavy (non-hydrogen) atoms. The zero-order chi connectivity index (χ0) is 21.8. The van der Waals surface area contributed by atoms with E-state index in [0.717, 1.165) is 29.5 Å². The lowest BCUT2D eigenvalue weighted by molar-refractivity contribution is 0.0498. The smallest absolute Gasteiger partial charge is 0.338 e. The van der Waals surface area contributed by atoms with Crippen molar-refractivity contribution in [3.8, 4) is 23.0 Å². The van der Waals surface area contributed by atoms with Crippen molar-refractivity contribution < 1.29 is 23.7 Å². The molecule has 3 aromatic carbocycles. The van der Waals surface area contributed by atoms with Crippen molar-refractivity contribution in [3.63, 3.8) is 0 Å². The fourth-order valence-electron chi connectivity index (χ4n) is 3.88. The van der Waals surface area contributed by atoms with E-state index >= 15 is 0 Å². The number of carbonyl (C=O) groups is 1. The summed E-state index contributed by atoms with van der Waals surface area (Å²) in [5.41, 5.74) is 3.37. The van der Waals surface area contributed by atoms with Crippen molar-refractivity contribution in [2.75, 3.05) is 20.8 Å². The van der Waals surface area contributed by atoms with E-state index in [2.05, 4.69) is 6.92 Å². The molecule has 0 amide bonds. The molecule has 0 aliphatic carbocycles. The number of esters is 1. The first kappa shape index (κ1) is 20.8. The average molecular weight is 418 g/mol. The minimum atomic E-state index is -0.305. The number of hydrogen-bond donors (Lipinski definition) is 0. The summed E-state index contributed by atoms with van der Waals surface area (Å²) in [5.74, 6) is 2.30. The van der Waals surface area contributed by atoms with Crippen LogP contribution in [0, 0.1) is 0 Å². The maximum atomic E-state index is 12.9. The monoisotopic (exact) mass is 418 g/mol. The normalized spacial score (nSPS) is 12.4. The van der Waals surface area contributed by atoms with Crippen LogP contribution in [0.5, 0.6) is 23.0 Å². The van der Waals surface area contributed by atoms with E-state index < -0.39 is 0 Å². The van der Waals surface area contributed by atoms with Crippen LogP contribution < -0.4 is 14.2 Å². The summed E-state index contributed by atoms with van der Waals surface area (Å²) in [6.45, 7) is 2.49. The first-order chi connectivity index (χ1) is 15.2. The highest BCUT2D eigenvalue weighted by atomic mass is 16.5. The van der Waals surface area contributed by atoms with Gasteiger partial charge in [0.1, 0.15) is 23.0 Å². The molecule has 0 radical (unpaired) electrons. The molecule has 0 unspecified atom stereocenters. The lowest BCUT2D eigenvalue weighted by Crippen LogP contribution is -2.16. The van der Waals surface area contributed by atoms with Crippen LogP contribution >= 0.6 is 0 Å². The summed E-state index contributed by atoms with van der Waals surface area (Å²) in [4.78, 5) is 12.9. The highest BCUT2D eigenvalue weighted by Gasteiger charge is 2.32. The summed E-state index contributed by atoms with van der Waals surface area (Å²) in [6, 6.07) is 19.1. The standard InChI is InChI=1S/C26H26O5/c1-4-5-14-30-26(27)20-9-7-6-8-19(20)25-21-12-10-17(28-2)15-23(21)31-24-16-18(29-3)11-13-22(24)25/h6-13,15-16,25H,4-5,14H2,1-3H3. The van der Waals surface area contributed by atoms with Gasteiger partial charge in [-0.15, -0.1) is 0 Å². The van der Waals surface area contributed by atoms with Gasteiger partial charge < -0.3 is 18.9 Å². The number of rotatable bonds is 7. The Morgan fingerprint density at radius 1 is 0.871 bits per heavy atom. The molecular formula is C26H26O5. The maximum Gasteiger partial charge on any atom is 0.338 e. The Hall–Kier alpha value is -3.47. The van der Waals surface area contributed by atoms with Gasteiger partial charge in [0.15, 0.2) is 0 Å². The molecule has 1 aliphatic heterocycles. The minimum absolute atomic E-state index is 0.189. The summed E-state index contributed by atoms with van der Waals surface area (Å²) in [6.07, 6.45) is 1.82. The van der Waals surface area contributed by atoms with Crippen LogP contribution in [0.25, 0.3) is 0 Å². The van der Waals surface area contributed by atoms with Gasteiger partial charge in [-0.3, -0.25) is 0 Å². The second kappa shape index (κ2) is 9.13. The third-order valence-electron chi connectivity index (χ3n) is 5.51. The Morgan fingerprint density at radius 3 is 2.06 bits per heavy atom. The molecule has 0 atom stereocenters. The molecule has 4 rings (SSSR count). The third-order valence-corrected chi connectivity index (χ3v) is 5.51. The van der Waals surface area contributed by atoms with E-state index in [9.17, 15) is 4.79 Å². The largest absolute Gasteiger partial charge is 0.497 e. The summed E-state index contributed by atoms with van der Waals surface area (Å²) < 4.78 is 22.5. The van der Waals surface area contributed by atoms with Crippen LogP contribution in [0.1, 0.15) is 52.7 Å². The number of ether oxygens (including phenoxy) is 4. The SMILES string of the molecule is CCCCOC(=O)c1ccccc1C1c2ccc(OC)cc2Oc2cc(OC)ccc21. The van der Waals surface area contributed by atoms with E-state index in [1.807, 2.05) is 60.7 Å². The minimum Gasteiger partial charge on any atom is -0.497 e. The first-order valence-corrected chi connectivity index (χ1v) is 10.5. The van der Waals surface area contributed by atoms with Crippen LogP contribution in [0.15, 0.2) is 60.7 Å². The van der Waals surface area contributed by atoms with Gasteiger partial charge in [0.25, 0.3) is 0 Å². The molecule has 1 aliphatic rings. The number of hydrogen-bond acceptors (Lipinski definition) is 5. The van der Waals surface area contributed by atoms with Crippen LogP contribution in [0.3, 0.4) is 0 Å². The average Bonchev–Trinajstić information content (AvgIpc) is 2.81. The van der Waals surface area contributed by atoms with Crippen LogP contribution in [-0.4, -0.2) is 26.8 Å². The highest BCUT2D eigenvalue weighted by molar-refractivity contribution is 5.92. The molecule has 0 bridgehead atoms. The van der Waals surface area contributed by atoms with Crippen LogP contribution in [0.2, 0.25) is 0 Å². The number of methoxy groups -OCH3 is 2. The van der Waals surface area contributed by atoms with Crippen molar-refractivity contribution in [1.82, 2.24) is 0 Å². The molecule has 0 saturated heterocycles. The molecule has 1 heterocycles. The van der Waals surface area contributed by atoms with Gasteiger partial charge in [-0.05, 0) is 30.2 Å². The van der Waals surface area contributed by atoms with Gasteiger partial charge in [0, 0.05) is 29.2 Å². The Morgan fingerprint density at radius 2 is 1.48 bits per heavy atom. The van der Waals surface area contributed by atoms with Gasteiger partial charge in [-0.2, -0.15) is 0 Å². The number of fused-ring (bicyclic) bond motifs is 2. The molecule has 0 spiro atoms. The fraction of sp³-hybridized carbons (Fsp3) is 0.269. The highest BCUT2D eigenvalue weighted by Crippen LogP contribution is 2.49. The van der Waals surface area contributed by atoms with Crippen LogP contribution in [-0.2, 0) is 4.74 Å². The summed E-state index contributed by atoms with van der Waals surface area (Å²) in [5, 5.41) is 0. The Kier molecular flexibility index (Phi) is 6.12. The number of carbonyl (C=O) groups excluding carboxylic acids is 1. The van der Waals surface area contributed by atoms with Crippen LogP contribution in [0.4, 0.5) is 0 Å². The molecule has 5 nitrogen and oxygen atoms in total. The molecule has 0 fully saturated rings. The fourth-order valence-corrected chi connectivity index (χ4v) is 3.88. The topological polar surface area (TPSA) is 54.0 Å². The van der Waals surface area contributed by atoms with Gasteiger partial charge in [0.05, 0.1) is 26.4 Å². The zero-order valence-corrected chi connectivity index (χ0v) is 18.0. The van der Waals surface area contributed by atoms with E-state index in [1.165, 1.54) is 0 Å². The molecule has 3 aromatic rings. The van der Waals surface area contributed by atoms with E-state index in [4.69, 9.17) is 18.9 Å². The first-order valence-electron chi connectivity index (χ1n) is 10.5. The predicted molar refractivity (Wildman–Crippen MR) is 119 cm³/mol. The molecule has 0 N–H and O–H groups in total. The molecule has 0 aromatic heterocycles. The van der Waals surface area contributed by atoms with Crippen molar-refractivity contribution >= 4 is 5.97 Å². The Labute approximate surface area is 182 Å². The summed E-state index contributed by atoms with van der Waals surface area (Å²) in [7, 11) is 3.25. The second-order valence-electron chi connectivity index (χ2n) is 7.42. The van der Waals surface area contributed by atoms with Gasteiger partial charge in [-0.1, -0.05) is 43.7 Å². The predicted octanol–water partition coefficient (Wildman–Crippen LogP) is 5.95. The maximum absolute atomic E-state index is 12.9. The van der Waals surface area contributed by atoms with E-state index in [1.54, 1.807) is 14.2 Å². The molecular weight excluding hydrogens is 392 g/mol. The molecule has 0 saturated carbocycles.